The third kappa shape index (κ3) is 4.55. The number of para-hydroxylation sites is 1. The number of guanidine groups is 1. The Hall–Kier alpha value is -2.69. The first kappa shape index (κ1) is 23.5. The molecule has 174 valence electrons. The van der Waals surface area contributed by atoms with Crippen LogP contribution in [0.25, 0.3) is 5.69 Å². The molecule has 3 aliphatic rings. The lowest BCUT2D eigenvalue weighted by Gasteiger charge is -2.18. The van der Waals surface area contributed by atoms with Crippen LogP contribution in [0.4, 0.5) is 0 Å². The first-order chi connectivity index (χ1) is 15.7. The zero-order valence-corrected chi connectivity index (χ0v) is 20.9. The summed E-state index contributed by atoms with van der Waals surface area (Å²) in [4.78, 5) is 31.2. The smallest absolute Gasteiger partial charge is 0.233 e. The molecule has 0 radical (unpaired) electrons. The van der Waals surface area contributed by atoms with E-state index in [1.54, 1.807) is 7.05 Å². The van der Waals surface area contributed by atoms with E-state index in [-0.39, 0.29) is 59.5 Å². The summed E-state index contributed by atoms with van der Waals surface area (Å²) in [6.45, 7) is 1.54. The summed E-state index contributed by atoms with van der Waals surface area (Å²) in [6.07, 6.45) is 9.89. The van der Waals surface area contributed by atoms with Crippen LogP contribution < -0.4 is 10.6 Å². The summed E-state index contributed by atoms with van der Waals surface area (Å²) < 4.78 is 1.86. The van der Waals surface area contributed by atoms with Crippen molar-refractivity contribution in [1.29, 1.82) is 0 Å². The Bertz CT molecular complexity index is 1040. The molecule has 1 saturated carbocycles. The summed E-state index contributed by atoms with van der Waals surface area (Å²) in [6, 6.07) is 10.0. The fourth-order valence-corrected chi connectivity index (χ4v) is 5.23. The Morgan fingerprint density at radius 2 is 1.73 bits per heavy atom. The SMILES string of the molecule is CN=C(NCCc1cnn(-c2ccccc2)c1)NCCN1C(=O)C2C3C=CC(C3)C2C1=O.I. The van der Waals surface area contributed by atoms with Crippen molar-refractivity contribution in [3.05, 3.63) is 60.4 Å². The maximum absolute atomic E-state index is 12.8. The second-order valence-electron chi connectivity index (χ2n) is 8.63. The van der Waals surface area contributed by atoms with Crippen LogP contribution in [0, 0.1) is 23.7 Å². The molecule has 1 aromatic heterocycles. The molecule has 33 heavy (non-hydrogen) atoms. The van der Waals surface area contributed by atoms with Gasteiger partial charge in [-0.25, -0.2) is 4.68 Å². The predicted molar refractivity (Wildman–Crippen MR) is 136 cm³/mol. The lowest BCUT2D eigenvalue weighted by Crippen LogP contribution is -2.44. The number of hydrogen-bond acceptors (Lipinski definition) is 4. The number of benzene rings is 1. The van der Waals surface area contributed by atoms with Crippen LogP contribution in [0.5, 0.6) is 0 Å². The molecule has 8 nitrogen and oxygen atoms in total. The van der Waals surface area contributed by atoms with Crippen LogP contribution in [-0.2, 0) is 16.0 Å². The maximum atomic E-state index is 12.8. The van der Waals surface area contributed by atoms with Crippen LogP contribution in [0.1, 0.15) is 12.0 Å². The first-order valence-corrected chi connectivity index (χ1v) is 11.2. The molecular formula is C24H29IN6O2. The van der Waals surface area contributed by atoms with Gasteiger partial charge in [0.2, 0.25) is 11.8 Å². The van der Waals surface area contributed by atoms with Crippen LogP contribution in [0.3, 0.4) is 0 Å². The van der Waals surface area contributed by atoms with Gasteiger partial charge in [-0.15, -0.1) is 24.0 Å². The zero-order chi connectivity index (χ0) is 22.1. The summed E-state index contributed by atoms with van der Waals surface area (Å²) in [5, 5.41) is 10.9. The van der Waals surface area contributed by atoms with Crippen molar-refractivity contribution in [1.82, 2.24) is 25.3 Å². The van der Waals surface area contributed by atoms with E-state index in [0.29, 0.717) is 25.6 Å². The largest absolute Gasteiger partial charge is 0.356 e. The summed E-state index contributed by atoms with van der Waals surface area (Å²) in [5.74, 6) is 0.884. The Kier molecular flexibility index (Phi) is 7.16. The summed E-state index contributed by atoms with van der Waals surface area (Å²) >= 11 is 0. The van der Waals surface area contributed by atoms with E-state index in [0.717, 1.165) is 24.1 Å². The number of nitrogens with zero attached hydrogens (tertiary/aromatic N) is 4. The van der Waals surface area contributed by atoms with Gasteiger partial charge in [0.25, 0.3) is 0 Å². The fraction of sp³-hybridized carbons (Fsp3) is 0.417. The fourth-order valence-electron chi connectivity index (χ4n) is 5.23. The molecule has 1 aromatic carbocycles. The quantitative estimate of drug-likeness (QED) is 0.178. The van der Waals surface area contributed by atoms with Gasteiger partial charge in [-0.1, -0.05) is 30.4 Å². The number of carbonyl (C=O) groups is 2. The van der Waals surface area contributed by atoms with E-state index in [9.17, 15) is 9.59 Å². The minimum Gasteiger partial charge on any atom is -0.356 e. The monoisotopic (exact) mass is 560 g/mol. The van der Waals surface area contributed by atoms with Crippen molar-refractivity contribution >= 4 is 41.8 Å². The summed E-state index contributed by atoms with van der Waals surface area (Å²) in [5.41, 5.74) is 2.16. The van der Waals surface area contributed by atoms with Gasteiger partial charge in [-0.05, 0) is 42.4 Å². The van der Waals surface area contributed by atoms with Gasteiger partial charge in [0, 0.05) is 32.9 Å². The predicted octanol–water partition coefficient (Wildman–Crippen LogP) is 2.00. The minimum absolute atomic E-state index is 0. The second kappa shape index (κ2) is 10.1. The molecule has 0 spiro atoms. The molecule has 2 N–H and O–H groups in total. The zero-order valence-electron chi connectivity index (χ0n) is 18.6. The summed E-state index contributed by atoms with van der Waals surface area (Å²) in [7, 11) is 1.71. The van der Waals surface area contributed by atoms with Crippen molar-refractivity contribution in [3.63, 3.8) is 0 Å². The van der Waals surface area contributed by atoms with E-state index >= 15 is 0 Å². The average Bonchev–Trinajstić information content (AvgIpc) is 3.59. The third-order valence-corrected chi connectivity index (χ3v) is 6.78. The molecule has 2 aliphatic carbocycles. The molecule has 4 atom stereocenters. The molecule has 5 rings (SSSR count). The number of hydrogen-bond donors (Lipinski definition) is 2. The number of amides is 2. The molecular weight excluding hydrogens is 531 g/mol. The number of aliphatic imine (C=N–C) groups is 1. The molecule has 1 saturated heterocycles. The number of nitrogens with one attached hydrogen (secondary N) is 2. The van der Waals surface area contributed by atoms with Gasteiger partial charge in [0.1, 0.15) is 0 Å². The number of fused-ring (bicyclic) bond motifs is 5. The van der Waals surface area contributed by atoms with Gasteiger partial charge < -0.3 is 10.6 Å². The Labute approximate surface area is 210 Å². The van der Waals surface area contributed by atoms with Crippen LogP contribution in [-0.4, -0.2) is 59.1 Å². The average molecular weight is 560 g/mol. The molecule has 2 bridgehead atoms. The molecule has 2 aromatic rings. The minimum atomic E-state index is -0.133. The van der Waals surface area contributed by atoms with Gasteiger partial charge in [0.05, 0.1) is 23.7 Å². The van der Waals surface area contributed by atoms with Gasteiger partial charge in [0.15, 0.2) is 5.96 Å². The normalized spacial score (nSPS) is 25.4. The topological polar surface area (TPSA) is 91.6 Å². The number of imide groups is 1. The van der Waals surface area contributed by atoms with Gasteiger partial charge >= 0.3 is 0 Å². The first-order valence-electron chi connectivity index (χ1n) is 11.2. The van der Waals surface area contributed by atoms with Crippen LogP contribution >= 0.6 is 24.0 Å². The number of rotatable bonds is 7. The van der Waals surface area contributed by atoms with E-state index < -0.39 is 0 Å². The number of carbonyl (C=O) groups excluding carboxylic acids is 2. The molecule has 2 amide bonds. The highest BCUT2D eigenvalue weighted by Gasteiger charge is 2.58. The van der Waals surface area contributed by atoms with Crippen molar-refractivity contribution in [2.75, 3.05) is 26.7 Å². The highest BCUT2D eigenvalue weighted by Crippen LogP contribution is 2.52. The standard InChI is InChI=1S/C24H28N6O2.HI/c1-25-24(26-10-9-16-14-28-30(15-16)19-5-3-2-4-6-19)27-11-12-29-22(31)20-17-7-8-18(13-17)21(20)23(29)32;/h2-8,14-15,17-18,20-21H,9-13H2,1H3,(H2,25,26,27);1H. The molecule has 4 unspecified atom stereocenters. The van der Waals surface area contributed by atoms with Crippen LogP contribution in [0.2, 0.25) is 0 Å². The second-order valence-corrected chi connectivity index (χ2v) is 8.63. The number of aromatic nitrogens is 2. The maximum Gasteiger partial charge on any atom is 0.233 e. The Morgan fingerprint density at radius 3 is 2.39 bits per heavy atom. The third-order valence-electron chi connectivity index (χ3n) is 6.78. The van der Waals surface area contributed by atoms with Crippen LogP contribution in [0.15, 0.2) is 59.9 Å². The highest BCUT2D eigenvalue weighted by atomic mass is 127. The van der Waals surface area contributed by atoms with Crippen molar-refractivity contribution in [2.24, 2.45) is 28.7 Å². The van der Waals surface area contributed by atoms with E-state index in [2.05, 4.69) is 32.9 Å². The highest BCUT2D eigenvalue weighted by molar-refractivity contribution is 14.0. The van der Waals surface area contributed by atoms with E-state index in [1.165, 1.54) is 4.90 Å². The van der Waals surface area contributed by atoms with Crippen molar-refractivity contribution < 1.29 is 9.59 Å². The van der Waals surface area contributed by atoms with Crippen molar-refractivity contribution in [2.45, 2.75) is 12.8 Å². The molecule has 9 heteroatoms. The number of likely N-dealkylation sites (tertiary alicyclic amines) is 1. The Morgan fingerprint density at radius 1 is 1.06 bits per heavy atom. The van der Waals surface area contributed by atoms with Gasteiger partial charge in [-0.3, -0.25) is 19.5 Å². The number of allylic oxidation sites excluding steroid dienone is 2. The number of halogens is 1. The van der Waals surface area contributed by atoms with E-state index in [1.807, 2.05) is 47.4 Å². The lowest BCUT2D eigenvalue weighted by molar-refractivity contribution is -0.140. The molecule has 2 fully saturated rings. The lowest BCUT2D eigenvalue weighted by atomic mass is 9.85. The Balaban J connectivity index is 0.00000259. The molecule has 2 heterocycles. The van der Waals surface area contributed by atoms with Crippen molar-refractivity contribution in [3.8, 4) is 5.69 Å². The molecule has 1 aliphatic heterocycles. The van der Waals surface area contributed by atoms with Gasteiger partial charge in [-0.2, -0.15) is 5.10 Å². The van der Waals surface area contributed by atoms with E-state index in [4.69, 9.17) is 0 Å².